The second kappa shape index (κ2) is 5.53. The second-order valence-electron chi connectivity index (χ2n) is 3.63. The quantitative estimate of drug-likeness (QED) is 0.897. The van der Waals surface area contributed by atoms with E-state index in [9.17, 15) is 18.0 Å². The first-order chi connectivity index (χ1) is 7.78. The van der Waals surface area contributed by atoms with Gasteiger partial charge in [-0.2, -0.15) is 13.2 Å². The Morgan fingerprint density at radius 2 is 2.06 bits per heavy atom. The zero-order chi connectivity index (χ0) is 13.1. The predicted octanol–water partition coefficient (Wildman–Crippen LogP) is 4.04. The number of nitrogens with one attached hydrogen (secondary N) is 1. The van der Waals surface area contributed by atoms with Crippen LogP contribution < -0.4 is 5.32 Å². The maximum Gasteiger partial charge on any atom is 0.389 e. The van der Waals surface area contributed by atoms with Crippen molar-refractivity contribution in [3.8, 4) is 0 Å². The lowest BCUT2D eigenvalue weighted by molar-refractivity contribution is -0.142. The minimum absolute atomic E-state index is 0.481. The molecule has 17 heavy (non-hydrogen) atoms. The topological polar surface area (TPSA) is 29.1 Å². The number of carbonyl (C=O) groups is 1. The molecule has 0 spiro atoms. The molecule has 1 amide bonds. The van der Waals surface area contributed by atoms with Crippen molar-refractivity contribution < 1.29 is 18.0 Å². The molecule has 0 aliphatic rings. The van der Waals surface area contributed by atoms with E-state index in [-0.39, 0.29) is 0 Å². The summed E-state index contributed by atoms with van der Waals surface area (Å²) in [5.74, 6) is -0.641. The van der Waals surface area contributed by atoms with Gasteiger partial charge in [-0.05, 0) is 24.6 Å². The van der Waals surface area contributed by atoms with Gasteiger partial charge in [-0.1, -0.05) is 22.0 Å². The molecule has 0 aliphatic carbocycles. The van der Waals surface area contributed by atoms with E-state index in [4.69, 9.17) is 0 Å². The Balaban J connectivity index is 2.54. The molecule has 1 N–H and O–H groups in total. The van der Waals surface area contributed by atoms with Gasteiger partial charge in [0.1, 0.15) is 0 Å². The largest absolute Gasteiger partial charge is 0.389 e. The van der Waals surface area contributed by atoms with Crippen molar-refractivity contribution in [2.75, 3.05) is 5.32 Å². The number of hydrogen-bond acceptors (Lipinski definition) is 1. The van der Waals surface area contributed by atoms with E-state index in [0.717, 1.165) is 10.0 Å². The van der Waals surface area contributed by atoms with Gasteiger partial charge < -0.3 is 5.32 Å². The molecular weight excluding hydrogens is 299 g/mol. The average molecular weight is 310 g/mol. The van der Waals surface area contributed by atoms with Crippen LogP contribution in [0.1, 0.15) is 18.4 Å². The van der Waals surface area contributed by atoms with Crippen LogP contribution >= 0.6 is 15.9 Å². The van der Waals surface area contributed by atoms with Crippen molar-refractivity contribution in [1.29, 1.82) is 0 Å². The maximum atomic E-state index is 11.9. The molecule has 94 valence electrons. The number of benzene rings is 1. The third-order valence-electron chi connectivity index (χ3n) is 2.09. The molecule has 6 heteroatoms. The molecule has 0 heterocycles. The molecule has 0 fully saturated rings. The van der Waals surface area contributed by atoms with Gasteiger partial charge in [0.15, 0.2) is 0 Å². The summed E-state index contributed by atoms with van der Waals surface area (Å²) >= 11 is 3.28. The SMILES string of the molecule is Cc1ccc(NC(=O)CCC(F)(F)F)cc1Br. The van der Waals surface area contributed by atoms with Crippen LogP contribution in [0.4, 0.5) is 18.9 Å². The van der Waals surface area contributed by atoms with Gasteiger partial charge in [-0.25, -0.2) is 0 Å². The van der Waals surface area contributed by atoms with Crippen molar-refractivity contribution in [3.05, 3.63) is 28.2 Å². The maximum absolute atomic E-state index is 11.9. The van der Waals surface area contributed by atoms with E-state index >= 15 is 0 Å². The number of halogens is 4. The molecule has 0 saturated carbocycles. The molecule has 1 aromatic carbocycles. The first-order valence-corrected chi connectivity index (χ1v) is 5.70. The van der Waals surface area contributed by atoms with Crippen LogP contribution in [0, 0.1) is 6.92 Å². The van der Waals surface area contributed by atoms with Gasteiger partial charge in [-0.3, -0.25) is 4.79 Å². The lowest BCUT2D eigenvalue weighted by Crippen LogP contribution is -2.16. The van der Waals surface area contributed by atoms with Crippen LogP contribution in [0.15, 0.2) is 22.7 Å². The third-order valence-corrected chi connectivity index (χ3v) is 2.95. The minimum atomic E-state index is -4.30. The van der Waals surface area contributed by atoms with Crippen LogP contribution in [0.2, 0.25) is 0 Å². The van der Waals surface area contributed by atoms with Gasteiger partial charge >= 0.3 is 6.18 Å². The van der Waals surface area contributed by atoms with Gasteiger partial charge in [0.05, 0.1) is 6.42 Å². The summed E-state index contributed by atoms with van der Waals surface area (Å²) in [7, 11) is 0. The summed E-state index contributed by atoms with van der Waals surface area (Å²) in [5, 5.41) is 2.41. The highest BCUT2D eigenvalue weighted by atomic mass is 79.9. The molecule has 2 nitrogen and oxygen atoms in total. The van der Waals surface area contributed by atoms with Crippen molar-refractivity contribution in [3.63, 3.8) is 0 Å². The lowest BCUT2D eigenvalue weighted by Gasteiger charge is -2.08. The van der Waals surface area contributed by atoms with Gasteiger partial charge in [-0.15, -0.1) is 0 Å². The molecule has 0 aliphatic heterocycles. The number of anilines is 1. The van der Waals surface area contributed by atoms with E-state index in [1.165, 1.54) is 0 Å². The second-order valence-corrected chi connectivity index (χ2v) is 4.48. The fraction of sp³-hybridized carbons (Fsp3) is 0.364. The Kier molecular flexibility index (Phi) is 4.56. The standard InChI is InChI=1S/C11H11BrF3NO/c1-7-2-3-8(6-9(7)12)16-10(17)4-5-11(13,14)15/h2-3,6H,4-5H2,1H3,(H,16,17). The molecule has 0 aromatic heterocycles. The van der Waals surface area contributed by atoms with Crippen molar-refractivity contribution in [1.82, 2.24) is 0 Å². The predicted molar refractivity (Wildman–Crippen MR) is 62.8 cm³/mol. The Labute approximate surface area is 105 Å². The Hall–Kier alpha value is -1.04. The van der Waals surface area contributed by atoms with Gasteiger partial charge in [0, 0.05) is 16.6 Å². The number of amides is 1. The molecule has 1 rings (SSSR count). The molecule has 0 unspecified atom stereocenters. The highest BCUT2D eigenvalue weighted by Gasteiger charge is 2.27. The normalized spacial score (nSPS) is 11.4. The molecule has 0 radical (unpaired) electrons. The number of rotatable bonds is 3. The van der Waals surface area contributed by atoms with Gasteiger partial charge in [0.2, 0.25) is 5.91 Å². The Morgan fingerprint density at radius 1 is 1.41 bits per heavy atom. The number of aryl methyl sites for hydroxylation is 1. The zero-order valence-corrected chi connectivity index (χ0v) is 10.7. The molecule has 1 aromatic rings. The zero-order valence-electron chi connectivity index (χ0n) is 9.07. The molecule has 0 atom stereocenters. The highest BCUT2D eigenvalue weighted by Crippen LogP contribution is 2.23. The van der Waals surface area contributed by atoms with Crippen molar-refractivity contribution in [2.45, 2.75) is 25.9 Å². The van der Waals surface area contributed by atoms with Crippen molar-refractivity contribution in [2.24, 2.45) is 0 Å². The first kappa shape index (κ1) is 14.0. The van der Waals surface area contributed by atoms with Gasteiger partial charge in [0.25, 0.3) is 0 Å². The molecule has 0 saturated heterocycles. The van der Waals surface area contributed by atoms with Crippen molar-refractivity contribution >= 4 is 27.5 Å². The van der Waals surface area contributed by atoms with E-state index in [0.29, 0.717) is 5.69 Å². The average Bonchev–Trinajstić information content (AvgIpc) is 2.20. The molecular formula is C11H11BrF3NO. The summed E-state index contributed by atoms with van der Waals surface area (Å²) in [6.45, 7) is 1.87. The number of alkyl halides is 3. The lowest BCUT2D eigenvalue weighted by atomic mass is 10.2. The third kappa shape index (κ3) is 5.21. The molecule has 0 bridgehead atoms. The monoisotopic (exact) mass is 309 g/mol. The van der Waals surface area contributed by atoms with Crippen LogP contribution in [0.25, 0.3) is 0 Å². The fourth-order valence-electron chi connectivity index (χ4n) is 1.15. The highest BCUT2D eigenvalue weighted by molar-refractivity contribution is 9.10. The summed E-state index contributed by atoms with van der Waals surface area (Å²) in [5.41, 5.74) is 1.47. The van der Waals surface area contributed by atoms with Crippen LogP contribution in [-0.2, 0) is 4.79 Å². The van der Waals surface area contributed by atoms with Crippen LogP contribution in [0.5, 0.6) is 0 Å². The fourth-order valence-corrected chi connectivity index (χ4v) is 1.53. The number of carbonyl (C=O) groups excluding carboxylic acids is 1. The van der Waals surface area contributed by atoms with E-state index in [2.05, 4.69) is 21.2 Å². The Morgan fingerprint density at radius 3 is 2.59 bits per heavy atom. The van der Waals surface area contributed by atoms with Crippen LogP contribution in [0.3, 0.4) is 0 Å². The van der Waals surface area contributed by atoms with E-state index in [1.54, 1.807) is 18.2 Å². The smallest absolute Gasteiger partial charge is 0.326 e. The van der Waals surface area contributed by atoms with Crippen LogP contribution in [-0.4, -0.2) is 12.1 Å². The minimum Gasteiger partial charge on any atom is -0.326 e. The summed E-state index contributed by atoms with van der Waals surface area (Å²) in [6.07, 6.45) is -5.97. The summed E-state index contributed by atoms with van der Waals surface area (Å²) in [6, 6.07) is 5.07. The number of hydrogen-bond donors (Lipinski definition) is 1. The first-order valence-electron chi connectivity index (χ1n) is 4.91. The Bertz CT molecular complexity index is 418. The summed E-state index contributed by atoms with van der Waals surface area (Å²) in [4.78, 5) is 11.2. The van der Waals surface area contributed by atoms with E-state index < -0.39 is 24.9 Å². The summed E-state index contributed by atoms with van der Waals surface area (Å²) < 4.78 is 36.5. The van der Waals surface area contributed by atoms with E-state index in [1.807, 2.05) is 6.92 Å².